The van der Waals surface area contributed by atoms with Crippen molar-refractivity contribution in [2.45, 2.75) is 38.3 Å². The lowest BCUT2D eigenvalue weighted by atomic mass is 9.99. The number of H-pyrrole nitrogens is 1. The van der Waals surface area contributed by atoms with Gasteiger partial charge in [-0.05, 0) is 56.0 Å². The van der Waals surface area contributed by atoms with Gasteiger partial charge in [-0.3, -0.25) is 0 Å². The van der Waals surface area contributed by atoms with Gasteiger partial charge in [0.2, 0.25) is 0 Å². The lowest BCUT2D eigenvalue weighted by Gasteiger charge is -2.27. The Hall–Kier alpha value is -1.68. The van der Waals surface area contributed by atoms with Crippen LogP contribution in [0.3, 0.4) is 0 Å². The van der Waals surface area contributed by atoms with Gasteiger partial charge in [0, 0.05) is 6.04 Å². The van der Waals surface area contributed by atoms with Crippen LogP contribution in [0.5, 0.6) is 0 Å². The SMILES string of the molecule is CC1CCCC(c2ncc(-c3ccc(F)cc3)[nH]2)N1. The van der Waals surface area contributed by atoms with Gasteiger partial charge in [-0.15, -0.1) is 0 Å². The minimum atomic E-state index is -0.216. The number of halogens is 1. The van der Waals surface area contributed by atoms with E-state index in [9.17, 15) is 4.39 Å². The molecule has 4 heteroatoms. The highest BCUT2D eigenvalue weighted by molar-refractivity contribution is 5.58. The minimum absolute atomic E-state index is 0.216. The number of aromatic amines is 1. The molecule has 1 saturated heterocycles. The average Bonchev–Trinajstić information content (AvgIpc) is 2.89. The number of benzene rings is 1. The Balaban J connectivity index is 1.81. The zero-order valence-electron chi connectivity index (χ0n) is 11.0. The fraction of sp³-hybridized carbons (Fsp3) is 0.400. The summed E-state index contributed by atoms with van der Waals surface area (Å²) in [6, 6.07) is 7.32. The monoisotopic (exact) mass is 259 g/mol. The van der Waals surface area contributed by atoms with Gasteiger partial charge in [0.15, 0.2) is 0 Å². The molecule has 0 radical (unpaired) electrons. The summed E-state index contributed by atoms with van der Waals surface area (Å²) >= 11 is 0. The number of nitrogens with zero attached hydrogens (tertiary/aromatic N) is 1. The molecule has 0 bridgehead atoms. The highest BCUT2D eigenvalue weighted by Crippen LogP contribution is 2.25. The van der Waals surface area contributed by atoms with E-state index in [0.29, 0.717) is 12.1 Å². The summed E-state index contributed by atoms with van der Waals surface area (Å²) in [7, 11) is 0. The highest BCUT2D eigenvalue weighted by Gasteiger charge is 2.21. The molecule has 100 valence electrons. The standard InChI is InChI=1S/C15H18FN3/c1-10-3-2-4-13(18-10)15-17-9-14(19-15)11-5-7-12(16)8-6-11/h5-10,13,18H,2-4H2,1H3,(H,17,19). The van der Waals surface area contributed by atoms with Crippen molar-refractivity contribution in [1.82, 2.24) is 15.3 Å². The van der Waals surface area contributed by atoms with Crippen molar-refractivity contribution in [3.8, 4) is 11.3 Å². The number of imidazole rings is 1. The van der Waals surface area contributed by atoms with E-state index in [1.54, 1.807) is 12.1 Å². The third-order valence-corrected chi connectivity index (χ3v) is 3.70. The molecular weight excluding hydrogens is 241 g/mol. The number of aromatic nitrogens is 2. The molecule has 1 fully saturated rings. The van der Waals surface area contributed by atoms with Gasteiger partial charge in [0.05, 0.1) is 17.9 Å². The first-order chi connectivity index (χ1) is 9.22. The second kappa shape index (κ2) is 5.13. The van der Waals surface area contributed by atoms with E-state index in [1.807, 2.05) is 6.20 Å². The van der Waals surface area contributed by atoms with Gasteiger partial charge < -0.3 is 10.3 Å². The van der Waals surface area contributed by atoms with Crippen LogP contribution < -0.4 is 5.32 Å². The first kappa shape index (κ1) is 12.4. The fourth-order valence-corrected chi connectivity index (χ4v) is 2.64. The molecular formula is C15H18FN3. The van der Waals surface area contributed by atoms with E-state index < -0.39 is 0 Å². The van der Waals surface area contributed by atoms with Crippen molar-refractivity contribution in [3.05, 3.63) is 42.1 Å². The predicted octanol–water partition coefficient (Wildman–Crippen LogP) is 3.42. The maximum atomic E-state index is 12.9. The van der Waals surface area contributed by atoms with Gasteiger partial charge >= 0.3 is 0 Å². The first-order valence-corrected chi connectivity index (χ1v) is 6.79. The van der Waals surface area contributed by atoms with Crippen LogP contribution in [0.2, 0.25) is 0 Å². The topological polar surface area (TPSA) is 40.7 Å². The van der Waals surface area contributed by atoms with Crippen LogP contribution >= 0.6 is 0 Å². The highest BCUT2D eigenvalue weighted by atomic mass is 19.1. The molecule has 2 atom stereocenters. The van der Waals surface area contributed by atoms with Crippen LogP contribution in [0.4, 0.5) is 4.39 Å². The van der Waals surface area contributed by atoms with Crippen molar-refractivity contribution < 1.29 is 4.39 Å². The summed E-state index contributed by atoms with van der Waals surface area (Å²) < 4.78 is 12.9. The van der Waals surface area contributed by atoms with Gasteiger partial charge in [0.1, 0.15) is 11.6 Å². The molecule has 2 N–H and O–H groups in total. The molecule has 19 heavy (non-hydrogen) atoms. The van der Waals surface area contributed by atoms with Crippen molar-refractivity contribution in [2.24, 2.45) is 0 Å². The van der Waals surface area contributed by atoms with E-state index in [2.05, 4.69) is 22.2 Å². The Labute approximate surface area is 112 Å². The zero-order valence-corrected chi connectivity index (χ0v) is 11.0. The second-order valence-electron chi connectivity index (χ2n) is 5.24. The lowest BCUT2D eigenvalue weighted by Crippen LogP contribution is -2.35. The molecule has 2 heterocycles. The fourth-order valence-electron chi connectivity index (χ4n) is 2.64. The Morgan fingerprint density at radius 3 is 2.74 bits per heavy atom. The van der Waals surface area contributed by atoms with Gasteiger partial charge in [-0.2, -0.15) is 0 Å². The Bertz CT molecular complexity index is 547. The van der Waals surface area contributed by atoms with Crippen molar-refractivity contribution in [1.29, 1.82) is 0 Å². The first-order valence-electron chi connectivity index (χ1n) is 6.79. The minimum Gasteiger partial charge on any atom is -0.341 e. The van der Waals surface area contributed by atoms with Crippen molar-refractivity contribution in [2.75, 3.05) is 0 Å². The summed E-state index contributed by atoms with van der Waals surface area (Å²) in [6.07, 6.45) is 5.39. The van der Waals surface area contributed by atoms with Crippen LogP contribution in [-0.2, 0) is 0 Å². The van der Waals surface area contributed by atoms with Crippen molar-refractivity contribution >= 4 is 0 Å². The maximum absolute atomic E-state index is 12.9. The van der Waals surface area contributed by atoms with Crippen LogP contribution in [0.15, 0.2) is 30.5 Å². The molecule has 1 aliphatic rings. The van der Waals surface area contributed by atoms with Crippen LogP contribution in [0.25, 0.3) is 11.3 Å². The molecule has 2 aromatic rings. The molecule has 0 spiro atoms. The molecule has 3 rings (SSSR count). The van der Waals surface area contributed by atoms with E-state index in [-0.39, 0.29) is 5.82 Å². The van der Waals surface area contributed by atoms with Crippen LogP contribution in [0.1, 0.15) is 38.1 Å². The molecule has 0 aliphatic carbocycles. The summed E-state index contributed by atoms with van der Waals surface area (Å²) in [5, 5.41) is 3.55. The molecule has 1 aliphatic heterocycles. The van der Waals surface area contributed by atoms with Gasteiger partial charge in [-0.1, -0.05) is 0 Å². The molecule has 1 aromatic heterocycles. The van der Waals surface area contributed by atoms with Gasteiger partial charge in [-0.25, -0.2) is 9.37 Å². The third-order valence-electron chi connectivity index (χ3n) is 3.70. The second-order valence-corrected chi connectivity index (χ2v) is 5.24. The Morgan fingerprint density at radius 2 is 2.00 bits per heavy atom. The lowest BCUT2D eigenvalue weighted by molar-refractivity contribution is 0.332. The summed E-state index contributed by atoms with van der Waals surface area (Å²) in [5.41, 5.74) is 1.90. The molecule has 1 aromatic carbocycles. The quantitative estimate of drug-likeness (QED) is 0.867. The number of hydrogen-bond acceptors (Lipinski definition) is 2. The number of hydrogen-bond donors (Lipinski definition) is 2. The van der Waals surface area contributed by atoms with E-state index in [0.717, 1.165) is 23.5 Å². The predicted molar refractivity (Wildman–Crippen MR) is 73.2 cm³/mol. The molecule has 0 amide bonds. The largest absolute Gasteiger partial charge is 0.341 e. The Morgan fingerprint density at radius 1 is 1.21 bits per heavy atom. The van der Waals surface area contributed by atoms with Crippen LogP contribution in [0, 0.1) is 5.82 Å². The summed E-state index contributed by atoms with van der Waals surface area (Å²) in [5.74, 6) is 0.761. The van der Waals surface area contributed by atoms with Crippen molar-refractivity contribution in [3.63, 3.8) is 0 Å². The summed E-state index contributed by atoms with van der Waals surface area (Å²) in [4.78, 5) is 7.80. The maximum Gasteiger partial charge on any atom is 0.123 e. The van der Waals surface area contributed by atoms with E-state index in [1.165, 1.54) is 25.0 Å². The number of piperidine rings is 1. The summed E-state index contributed by atoms with van der Waals surface area (Å²) in [6.45, 7) is 2.20. The molecule has 2 unspecified atom stereocenters. The number of rotatable bonds is 2. The molecule has 0 saturated carbocycles. The van der Waals surface area contributed by atoms with E-state index in [4.69, 9.17) is 0 Å². The Kier molecular flexibility index (Phi) is 3.34. The normalized spacial score (nSPS) is 23.5. The smallest absolute Gasteiger partial charge is 0.123 e. The zero-order chi connectivity index (χ0) is 13.2. The molecule has 3 nitrogen and oxygen atoms in total. The average molecular weight is 259 g/mol. The van der Waals surface area contributed by atoms with Crippen LogP contribution in [-0.4, -0.2) is 16.0 Å². The third kappa shape index (κ3) is 2.68. The van der Waals surface area contributed by atoms with E-state index >= 15 is 0 Å². The number of nitrogens with one attached hydrogen (secondary N) is 2. The van der Waals surface area contributed by atoms with Gasteiger partial charge in [0.25, 0.3) is 0 Å².